The van der Waals surface area contributed by atoms with Crippen LogP contribution in [-0.2, 0) is 6.54 Å². The molecule has 0 aliphatic heterocycles. The minimum absolute atomic E-state index is 0.0910. The van der Waals surface area contributed by atoms with E-state index in [1.807, 2.05) is 0 Å². The Morgan fingerprint density at radius 1 is 1.32 bits per heavy atom. The molecule has 0 aliphatic rings. The second-order valence-electron chi connectivity index (χ2n) is 4.76. The maximum absolute atomic E-state index is 12.8. The molecule has 0 bridgehead atoms. The second kappa shape index (κ2) is 6.20. The molecule has 2 rings (SSSR count). The lowest BCUT2D eigenvalue weighted by Crippen LogP contribution is -2.38. The molecule has 0 unspecified atom stereocenters. The average Bonchev–Trinajstić information content (AvgIpc) is 2.96. The summed E-state index contributed by atoms with van der Waals surface area (Å²) >= 11 is 3.18. The van der Waals surface area contributed by atoms with E-state index in [1.54, 1.807) is 13.0 Å². The number of halogens is 4. The van der Waals surface area contributed by atoms with Gasteiger partial charge in [0.05, 0.1) is 22.8 Å². The average molecular weight is 380 g/mol. The molecule has 0 aromatic carbocycles. The van der Waals surface area contributed by atoms with Gasteiger partial charge in [-0.15, -0.1) is 0 Å². The van der Waals surface area contributed by atoms with Crippen molar-refractivity contribution in [3.8, 4) is 0 Å². The fraction of sp³-hybridized carbons (Fsp3) is 0.357. The maximum Gasteiger partial charge on any atom is 0.406 e. The molecule has 0 atom stereocenters. The smallest absolute Gasteiger partial charge is 0.406 e. The summed E-state index contributed by atoms with van der Waals surface area (Å²) in [5, 5.41) is 0. The lowest BCUT2D eigenvalue weighted by molar-refractivity contribution is -0.142. The highest BCUT2D eigenvalue weighted by Gasteiger charge is 2.35. The van der Waals surface area contributed by atoms with Gasteiger partial charge in [-0.3, -0.25) is 4.79 Å². The molecular weight excluding hydrogens is 367 g/mol. The molecule has 8 heteroatoms. The third kappa shape index (κ3) is 3.73. The number of amides is 1. The lowest BCUT2D eigenvalue weighted by atomic mass is 10.2. The topological polar surface area (TPSA) is 46.6 Å². The fourth-order valence-corrected chi connectivity index (χ4v) is 2.59. The van der Waals surface area contributed by atoms with Gasteiger partial charge in [-0.05, 0) is 41.9 Å². The highest BCUT2D eigenvalue weighted by Crippen LogP contribution is 2.30. The number of carbonyl (C=O) groups is 1. The van der Waals surface area contributed by atoms with Gasteiger partial charge in [-0.1, -0.05) is 0 Å². The maximum atomic E-state index is 12.8. The van der Waals surface area contributed by atoms with Crippen LogP contribution in [0, 0.1) is 13.8 Å². The van der Waals surface area contributed by atoms with Crippen LogP contribution in [0.1, 0.15) is 27.6 Å². The monoisotopic (exact) mass is 379 g/mol. The van der Waals surface area contributed by atoms with Crippen LogP contribution in [0.2, 0.25) is 0 Å². The summed E-state index contributed by atoms with van der Waals surface area (Å²) < 4.78 is 49.0. The van der Waals surface area contributed by atoms with Crippen molar-refractivity contribution in [2.75, 3.05) is 6.54 Å². The lowest BCUT2D eigenvalue weighted by Gasteiger charge is -2.23. The molecule has 0 radical (unpaired) electrons. The second-order valence-corrected chi connectivity index (χ2v) is 5.55. The van der Waals surface area contributed by atoms with Crippen LogP contribution in [0.15, 0.2) is 31.7 Å². The van der Waals surface area contributed by atoms with Crippen molar-refractivity contribution >= 4 is 21.8 Å². The zero-order valence-corrected chi connectivity index (χ0v) is 13.4. The van der Waals surface area contributed by atoms with Crippen molar-refractivity contribution in [3.05, 3.63) is 45.7 Å². The third-order valence-corrected chi connectivity index (χ3v) is 3.94. The van der Waals surface area contributed by atoms with Crippen LogP contribution in [0.3, 0.4) is 0 Å². The van der Waals surface area contributed by atoms with Crippen LogP contribution < -0.4 is 0 Å². The number of hydrogen-bond acceptors (Lipinski definition) is 3. The molecule has 2 heterocycles. The summed E-state index contributed by atoms with van der Waals surface area (Å²) in [4.78, 5) is 13.2. The molecule has 0 N–H and O–H groups in total. The normalized spacial score (nSPS) is 11.7. The van der Waals surface area contributed by atoms with Gasteiger partial charge in [-0.25, -0.2) is 0 Å². The number of furan rings is 2. The van der Waals surface area contributed by atoms with E-state index in [2.05, 4.69) is 15.9 Å². The molecule has 4 nitrogen and oxygen atoms in total. The molecule has 0 aliphatic carbocycles. The summed E-state index contributed by atoms with van der Waals surface area (Å²) in [5.41, 5.74) is 0.0910. The Hall–Kier alpha value is -1.70. The largest absolute Gasteiger partial charge is 0.467 e. The predicted octanol–water partition coefficient (Wildman–Crippen LogP) is 4.46. The summed E-state index contributed by atoms with van der Waals surface area (Å²) in [5.74, 6) is 0.202. The van der Waals surface area contributed by atoms with Crippen LogP contribution >= 0.6 is 15.9 Å². The first-order valence-corrected chi connectivity index (χ1v) is 7.12. The number of nitrogens with zero attached hydrogens (tertiary/aromatic N) is 1. The van der Waals surface area contributed by atoms with Crippen molar-refractivity contribution in [2.45, 2.75) is 26.6 Å². The third-order valence-electron chi connectivity index (χ3n) is 2.98. The summed E-state index contributed by atoms with van der Waals surface area (Å²) in [6.07, 6.45) is -3.17. The Balaban J connectivity index is 2.33. The minimum Gasteiger partial charge on any atom is -0.467 e. The van der Waals surface area contributed by atoms with E-state index < -0.39 is 18.6 Å². The SMILES string of the molecule is Cc1oc(C)c(C(=O)N(Cc2ccco2)CC(F)(F)F)c1Br. The van der Waals surface area contributed by atoms with Gasteiger partial charge in [0, 0.05) is 0 Å². The number of rotatable bonds is 4. The van der Waals surface area contributed by atoms with Gasteiger partial charge >= 0.3 is 6.18 Å². The Labute approximate surface area is 133 Å². The molecule has 2 aromatic rings. The van der Waals surface area contributed by atoms with Gasteiger partial charge in [0.1, 0.15) is 23.8 Å². The van der Waals surface area contributed by atoms with Crippen molar-refractivity contribution < 1.29 is 26.8 Å². The summed E-state index contributed by atoms with van der Waals surface area (Å²) in [6, 6.07) is 3.06. The van der Waals surface area contributed by atoms with Gasteiger partial charge in [0.25, 0.3) is 5.91 Å². The van der Waals surface area contributed by atoms with Gasteiger partial charge < -0.3 is 13.7 Å². The first-order valence-electron chi connectivity index (χ1n) is 6.33. The first kappa shape index (κ1) is 16.7. The molecule has 2 aromatic heterocycles. The summed E-state index contributed by atoms with van der Waals surface area (Å²) in [7, 11) is 0. The van der Waals surface area contributed by atoms with E-state index >= 15 is 0 Å². The molecule has 120 valence electrons. The van der Waals surface area contributed by atoms with Gasteiger partial charge in [0.15, 0.2) is 0 Å². The summed E-state index contributed by atoms with van der Waals surface area (Å²) in [6.45, 7) is 1.50. The zero-order chi connectivity index (χ0) is 16.5. The minimum atomic E-state index is -4.51. The molecule has 0 spiro atoms. The molecule has 22 heavy (non-hydrogen) atoms. The number of carbonyl (C=O) groups excluding carboxylic acids is 1. The Kier molecular flexibility index (Phi) is 4.69. The van der Waals surface area contributed by atoms with Crippen LogP contribution in [0.4, 0.5) is 13.2 Å². The zero-order valence-electron chi connectivity index (χ0n) is 11.8. The van der Waals surface area contributed by atoms with Crippen molar-refractivity contribution in [1.29, 1.82) is 0 Å². The van der Waals surface area contributed by atoms with Crippen LogP contribution in [-0.4, -0.2) is 23.5 Å². The van der Waals surface area contributed by atoms with Gasteiger partial charge in [-0.2, -0.15) is 13.2 Å². The molecule has 0 saturated heterocycles. The highest BCUT2D eigenvalue weighted by molar-refractivity contribution is 9.10. The number of aryl methyl sites for hydroxylation is 2. The Bertz CT molecular complexity index is 662. The molecule has 0 saturated carbocycles. The van der Waals surface area contributed by atoms with E-state index in [1.165, 1.54) is 19.3 Å². The van der Waals surface area contributed by atoms with E-state index in [0.29, 0.717) is 15.1 Å². The van der Waals surface area contributed by atoms with Crippen molar-refractivity contribution in [1.82, 2.24) is 4.90 Å². The Morgan fingerprint density at radius 2 is 2.00 bits per heavy atom. The van der Waals surface area contributed by atoms with Crippen molar-refractivity contribution in [2.24, 2.45) is 0 Å². The number of hydrogen-bond donors (Lipinski definition) is 0. The molecular formula is C14H13BrF3NO3. The van der Waals surface area contributed by atoms with Crippen molar-refractivity contribution in [3.63, 3.8) is 0 Å². The number of alkyl halides is 3. The standard InChI is InChI=1S/C14H13BrF3NO3/c1-8-11(12(15)9(2)22-8)13(20)19(7-14(16,17)18)6-10-4-3-5-21-10/h3-5H,6-7H2,1-2H3. The molecule has 1 amide bonds. The van der Waals surface area contributed by atoms with Crippen LogP contribution in [0.25, 0.3) is 0 Å². The fourth-order valence-electron chi connectivity index (χ4n) is 2.07. The van der Waals surface area contributed by atoms with E-state index in [4.69, 9.17) is 8.83 Å². The Morgan fingerprint density at radius 3 is 2.45 bits per heavy atom. The predicted molar refractivity (Wildman–Crippen MR) is 75.4 cm³/mol. The highest BCUT2D eigenvalue weighted by atomic mass is 79.9. The van der Waals surface area contributed by atoms with Gasteiger partial charge in [0.2, 0.25) is 0 Å². The first-order chi connectivity index (χ1) is 10.2. The van der Waals surface area contributed by atoms with E-state index in [-0.39, 0.29) is 23.6 Å². The van der Waals surface area contributed by atoms with Crippen LogP contribution in [0.5, 0.6) is 0 Å². The quantitative estimate of drug-likeness (QED) is 0.787. The van der Waals surface area contributed by atoms with E-state index in [9.17, 15) is 18.0 Å². The molecule has 0 fully saturated rings. The van der Waals surface area contributed by atoms with E-state index in [0.717, 1.165) is 0 Å².